The fourth-order valence-electron chi connectivity index (χ4n) is 3.42. The summed E-state index contributed by atoms with van der Waals surface area (Å²) in [5, 5.41) is 5.70. The van der Waals surface area contributed by atoms with E-state index in [0.29, 0.717) is 13.0 Å². The van der Waals surface area contributed by atoms with E-state index in [1.807, 2.05) is 53.4 Å². The molecule has 154 valence electrons. The minimum atomic E-state index is -0.226. The van der Waals surface area contributed by atoms with Gasteiger partial charge in [-0.15, -0.1) is 0 Å². The molecule has 0 spiro atoms. The lowest BCUT2D eigenvalue weighted by molar-refractivity contribution is -0.130. The summed E-state index contributed by atoms with van der Waals surface area (Å²) < 4.78 is 5.14. The molecule has 6 nitrogen and oxygen atoms in total. The molecule has 0 unspecified atom stereocenters. The number of nitrogens with zero attached hydrogens (tertiary/aromatic N) is 1. The van der Waals surface area contributed by atoms with Crippen LogP contribution in [0, 0.1) is 0 Å². The quantitative estimate of drug-likeness (QED) is 0.717. The Hall–Kier alpha value is -3.02. The molecule has 6 heteroatoms. The number of ether oxygens (including phenoxy) is 1. The predicted molar refractivity (Wildman–Crippen MR) is 114 cm³/mol. The zero-order chi connectivity index (χ0) is 20.5. The first-order chi connectivity index (χ1) is 14.1. The third-order valence-electron chi connectivity index (χ3n) is 5.16. The van der Waals surface area contributed by atoms with Crippen LogP contribution in [0.5, 0.6) is 5.75 Å². The van der Waals surface area contributed by atoms with Crippen molar-refractivity contribution in [1.29, 1.82) is 0 Å². The highest BCUT2D eigenvalue weighted by Crippen LogP contribution is 2.14. The average molecular weight is 396 g/mol. The number of amides is 3. The molecule has 0 atom stereocenters. The third-order valence-corrected chi connectivity index (χ3v) is 5.16. The molecule has 2 aromatic rings. The minimum Gasteiger partial charge on any atom is -0.497 e. The number of benzene rings is 2. The molecule has 3 amide bonds. The molecule has 2 aromatic carbocycles. The van der Waals surface area contributed by atoms with Crippen molar-refractivity contribution in [1.82, 2.24) is 10.2 Å². The van der Waals surface area contributed by atoms with Crippen LogP contribution in [0.15, 0.2) is 48.5 Å². The smallest absolute Gasteiger partial charge is 0.319 e. The summed E-state index contributed by atoms with van der Waals surface area (Å²) in [6, 6.07) is 15.3. The normalized spacial score (nSPS) is 13.2. The van der Waals surface area contributed by atoms with Gasteiger partial charge in [-0.25, -0.2) is 4.79 Å². The third kappa shape index (κ3) is 6.52. The molecule has 0 aliphatic carbocycles. The van der Waals surface area contributed by atoms with Crippen molar-refractivity contribution >= 4 is 17.6 Å². The van der Waals surface area contributed by atoms with E-state index in [1.54, 1.807) is 7.11 Å². The second-order valence-corrected chi connectivity index (χ2v) is 7.26. The molecule has 1 aliphatic rings. The van der Waals surface area contributed by atoms with E-state index in [9.17, 15) is 9.59 Å². The SMILES string of the molecule is COc1ccc(CCNC(=O)Nc2ccc(CCC(=O)N3CCCC3)cc2)cc1. The Labute approximate surface area is 172 Å². The Morgan fingerprint density at radius 3 is 2.21 bits per heavy atom. The summed E-state index contributed by atoms with van der Waals surface area (Å²) >= 11 is 0. The molecular formula is C23H29N3O3. The molecule has 3 rings (SSSR count). The summed E-state index contributed by atoms with van der Waals surface area (Å²) in [6.07, 6.45) is 4.26. The molecule has 1 aliphatic heterocycles. The van der Waals surface area contributed by atoms with Gasteiger partial charge in [0.1, 0.15) is 5.75 Å². The van der Waals surface area contributed by atoms with Crippen LogP contribution in [0.3, 0.4) is 0 Å². The molecule has 0 saturated carbocycles. The van der Waals surface area contributed by atoms with Crippen molar-refractivity contribution < 1.29 is 14.3 Å². The van der Waals surface area contributed by atoms with Crippen LogP contribution >= 0.6 is 0 Å². The van der Waals surface area contributed by atoms with Gasteiger partial charge in [-0.05, 0) is 61.1 Å². The first kappa shape index (κ1) is 20.7. The molecule has 0 aromatic heterocycles. The zero-order valence-electron chi connectivity index (χ0n) is 16.9. The molecule has 0 bridgehead atoms. The highest BCUT2D eigenvalue weighted by molar-refractivity contribution is 5.89. The van der Waals surface area contributed by atoms with Crippen molar-refractivity contribution in [3.63, 3.8) is 0 Å². The standard InChI is InChI=1S/C23H29N3O3/c1-29-21-11-6-19(7-12-21)14-15-24-23(28)25-20-9-4-18(5-10-20)8-13-22(27)26-16-2-3-17-26/h4-7,9-12H,2-3,8,13-17H2,1H3,(H2,24,25,28). The van der Waals surface area contributed by atoms with E-state index >= 15 is 0 Å². The Morgan fingerprint density at radius 2 is 1.55 bits per heavy atom. The highest BCUT2D eigenvalue weighted by atomic mass is 16.5. The summed E-state index contributed by atoms with van der Waals surface area (Å²) in [5.41, 5.74) is 2.98. The van der Waals surface area contributed by atoms with Crippen molar-refractivity contribution in [2.24, 2.45) is 0 Å². The van der Waals surface area contributed by atoms with Crippen molar-refractivity contribution in [3.8, 4) is 5.75 Å². The van der Waals surface area contributed by atoms with Gasteiger partial charge in [-0.1, -0.05) is 24.3 Å². The minimum absolute atomic E-state index is 0.226. The average Bonchev–Trinajstić information content (AvgIpc) is 3.28. The number of likely N-dealkylation sites (tertiary alicyclic amines) is 1. The summed E-state index contributed by atoms with van der Waals surface area (Å²) in [7, 11) is 1.64. The second-order valence-electron chi connectivity index (χ2n) is 7.26. The Morgan fingerprint density at radius 1 is 0.931 bits per heavy atom. The van der Waals surface area contributed by atoms with Gasteiger partial charge < -0.3 is 20.3 Å². The lowest BCUT2D eigenvalue weighted by Crippen LogP contribution is -2.30. The van der Waals surface area contributed by atoms with Crippen LogP contribution in [0.25, 0.3) is 0 Å². The van der Waals surface area contributed by atoms with Crippen molar-refractivity contribution in [2.45, 2.75) is 32.1 Å². The number of rotatable bonds is 8. The van der Waals surface area contributed by atoms with Crippen LogP contribution in [-0.4, -0.2) is 43.6 Å². The van der Waals surface area contributed by atoms with Crippen LogP contribution in [0.1, 0.15) is 30.4 Å². The van der Waals surface area contributed by atoms with Crippen molar-refractivity contribution in [3.05, 3.63) is 59.7 Å². The largest absolute Gasteiger partial charge is 0.497 e. The molecule has 1 fully saturated rings. The van der Waals surface area contributed by atoms with Gasteiger partial charge in [0.05, 0.1) is 7.11 Å². The first-order valence-electron chi connectivity index (χ1n) is 10.2. The van der Waals surface area contributed by atoms with E-state index in [4.69, 9.17) is 4.74 Å². The maximum atomic E-state index is 12.1. The van der Waals surface area contributed by atoms with Crippen LogP contribution in [0.2, 0.25) is 0 Å². The van der Waals surface area contributed by atoms with E-state index in [2.05, 4.69) is 10.6 Å². The number of aryl methyl sites for hydroxylation is 1. The number of anilines is 1. The zero-order valence-corrected chi connectivity index (χ0v) is 16.9. The van der Waals surface area contributed by atoms with Crippen LogP contribution in [0.4, 0.5) is 10.5 Å². The summed E-state index contributed by atoms with van der Waals surface area (Å²) in [4.78, 5) is 26.1. The maximum absolute atomic E-state index is 12.1. The van der Waals surface area contributed by atoms with E-state index in [1.165, 1.54) is 0 Å². The van der Waals surface area contributed by atoms with Crippen LogP contribution in [-0.2, 0) is 17.6 Å². The number of carbonyl (C=O) groups excluding carboxylic acids is 2. The lowest BCUT2D eigenvalue weighted by Gasteiger charge is -2.15. The number of carbonyl (C=O) groups is 2. The first-order valence-corrected chi connectivity index (χ1v) is 10.2. The summed E-state index contributed by atoms with van der Waals surface area (Å²) in [5.74, 6) is 1.06. The van der Waals surface area contributed by atoms with Gasteiger partial charge in [0, 0.05) is 31.7 Å². The molecule has 1 heterocycles. The van der Waals surface area contributed by atoms with Gasteiger partial charge in [0.25, 0.3) is 0 Å². The molecule has 29 heavy (non-hydrogen) atoms. The second kappa shape index (κ2) is 10.5. The maximum Gasteiger partial charge on any atom is 0.319 e. The Kier molecular flexibility index (Phi) is 7.50. The Bertz CT molecular complexity index is 797. The van der Waals surface area contributed by atoms with Crippen molar-refractivity contribution in [2.75, 3.05) is 32.1 Å². The van der Waals surface area contributed by atoms with Crippen LogP contribution < -0.4 is 15.4 Å². The molecule has 0 radical (unpaired) electrons. The van der Waals surface area contributed by atoms with Gasteiger partial charge in [-0.2, -0.15) is 0 Å². The molecule has 1 saturated heterocycles. The number of hydrogen-bond donors (Lipinski definition) is 2. The molecular weight excluding hydrogens is 366 g/mol. The van der Waals surface area contributed by atoms with E-state index in [0.717, 1.165) is 61.3 Å². The fraction of sp³-hybridized carbons (Fsp3) is 0.391. The number of methoxy groups -OCH3 is 1. The number of hydrogen-bond acceptors (Lipinski definition) is 3. The van der Waals surface area contributed by atoms with E-state index < -0.39 is 0 Å². The Balaban J connectivity index is 1.37. The van der Waals surface area contributed by atoms with Gasteiger partial charge in [0.2, 0.25) is 5.91 Å². The number of urea groups is 1. The predicted octanol–water partition coefficient (Wildman–Crippen LogP) is 3.61. The van der Waals surface area contributed by atoms with E-state index in [-0.39, 0.29) is 11.9 Å². The lowest BCUT2D eigenvalue weighted by atomic mass is 10.1. The topological polar surface area (TPSA) is 70.7 Å². The monoisotopic (exact) mass is 395 g/mol. The summed E-state index contributed by atoms with van der Waals surface area (Å²) in [6.45, 7) is 2.35. The molecule has 2 N–H and O–H groups in total. The van der Waals surface area contributed by atoms with Gasteiger partial charge in [0.15, 0.2) is 0 Å². The van der Waals surface area contributed by atoms with Gasteiger partial charge in [-0.3, -0.25) is 4.79 Å². The fourth-order valence-corrected chi connectivity index (χ4v) is 3.42. The highest BCUT2D eigenvalue weighted by Gasteiger charge is 2.17. The number of nitrogens with one attached hydrogen (secondary N) is 2. The van der Waals surface area contributed by atoms with Gasteiger partial charge >= 0.3 is 6.03 Å².